The van der Waals surface area contributed by atoms with Gasteiger partial charge in [0.25, 0.3) is 0 Å². The first-order valence-corrected chi connectivity index (χ1v) is 18.9. The average Bonchev–Trinajstić information content (AvgIpc) is 3.85. The Morgan fingerprint density at radius 1 is 0.585 bits per heavy atom. The van der Waals surface area contributed by atoms with Crippen molar-refractivity contribution in [3.63, 3.8) is 0 Å². The maximum Gasteiger partial charge on any atom is 0.142 e. The van der Waals surface area contributed by atoms with Gasteiger partial charge in [-0.15, -0.1) is 0 Å². The number of aromatic nitrogens is 2. The highest BCUT2D eigenvalue weighted by atomic mass is 16.3. The highest BCUT2D eigenvalue weighted by Crippen LogP contribution is 2.43. The van der Waals surface area contributed by atoms with Crippen molar-refractivity contribution in [1.29, 1.82) is 0 Å². The number of rotatable bonds is 5. The van der Waals surface area contributed by atoms with Crippen LogP contribution in [0.4, 0.5) is 0 Å². The summed E-state index contributed by atoms with van der Waals surface area (Å²) >= 11 is 0. The normalized spacial score (nSPS) is 16.5. The van der Waals surface area contributed by atoms with E-state index in [9.17, 15) is 0 Å². The second-order valence-corrected chi connectivity index (χ2v) is 15.0. The van der Waals surface area contributed by atoms with Crippen LogP contribution < -0.4 is 0 Å². The smallest absolute Gasteiger partial charge is 0.142 e. The predicted octanol–water partition coefficient (Wildman–Crippen LogP) is 12.8. The van der Waals surface area contributed by atoms with Gasteiger partial charge in [0, 0.05) is 56.0 Å². The topological polar surface area (TPSA) is 23.0 Å². The molecule has 2 atom stereocenters. The Bertz CT molecular complexity index is 2890. The maximum atomic E-state index is 6.92. The third-order valence-corrected chi connectivity index (χ3v) is 11.6. The Morgan fingerprint density at radius 2 is 1.30 bits per heavy atom. The molecule has 0 bridgehead atoms. The van der Waals surface area contributed by atoms with E-state index in [1.165, 1.54) is 66.0 Å². The van der Waals surface area contributed by atoms with E-state index in [0.717, 1.165) is 47.4 Å². The molecular weight excluding hydrogens is 645 g/mol. The molecule has 2 aliphatic carbocycles. The Morgan fingerprint density at radius 3 is 2.09 bits per heavy atom. The van der Waals surface area contributed by atoms with Gasteiger partial charge in [-0.25, -0.2) is 0 Å². The third kappa shape index (κ3) is 4.80. The summed E-state index contributed by atoms with van der Waals surface area (Å²) in [5.74, 6) is 1.52. The minimum absolute atomic E-state index is 0.190. The highest BCUT2D eigenvalue weighted by Gasteiger charge is 2.28. The first kappa shape index (κ1) is 30.3. The van der Waals surface area contributed by atoms with Crippen molar-refractivity contribution >= 4 is 55.8 Å². The zero-order chi connectivity index (χ0) is 35.0. The fraction of sp³-hybridized carbons (Fsp3) is 0.120. The van der Waals surface area contributed by atoms with Gasteiger partial charge in [0.2, 0.25) is 0 Å². The minimum Gasteiger partial charge on any atom is -0.456 e. The lowest BCUT2D eigenvalue weighted by Crippen LogP contribution is -2.15. The average molecular weight is 683 g/mol. The summed E-state index contributed by atoms with van der Waals surface area (Å²) in [6.45, 7) is 2.32. The molecule has 0 amide bonds. The van der Waals surface area contributed by atoms with Crippen molar-refractivity contribution in [1.82, 2.24) is 9.13 Å². The van der Waals surface area contributed by atoms with Crippen LogP contribution in [-0.2, 0) is 19.3 Å². The second-order valence-electron chi connectivity index (χ2n) is 15.0. The number of furan rings is 1. The summed E-state index contributed by atoms with van der Waals surface area (Å²) in [5, 5.41) is 5.13. The maximum absolute atomic E-state index is 6.92. The Hall–Kier alpha value is -6.32. The van der Waals surface area contributed by atoms with Crippen LogP contribution in [0.5, 0.6) is 0 Å². The summed E-state index contributed by atoms with van der Waals surface area (Å²) in [6, 6.07) is 51.2. The van der Waals surface area contributed by atoms with Gasteiger partial charge < -0.3 is 13.6 Å². The van der Waals surface area contributed by atoms with Gasteiger partial charge in [0.15, 0.2) is 0 Å². The van der Waals surface area contributed by atoms with Gasteiger partial charge in [0.1, 0.15) is 11.3 Å². The molecule has 0 aliphatic heterocycles. The van der Waals surface area contributed by atoms with Crippen molar-refractivity contribution in [2.75, 3.05) is 0 Å². The molecule has 3 heterocycles. The molecule has 2 aliphatic rings. The zero-order valence-electron chi connectivity index (χ0n) is 29.7. The molecule has 53 heavy (non-hydrogen) atoms. The van der Waals surface area contributed by atoms with E-state index in [1.807, 2.05) is 0 Å². The third-order valence-electron chi connectivity index (χ3n) is 11.6. The van der Waals surface area contributed by atoms with Crippen molar-refractivity contribution < 1.29 is 4.42 Å². The summed E-state index contributed by atoms with van der Waals surface area (Å²) in [7, 11) is 0. The first-order chi connectivity index (χ1) is 26.2. The van der Waals surface area contributed by atoms with E-state index >= 15 is 0 Å². The Labute approximate surface area is 308 Å². The molecule has 0 N–H and O–H groups in total. The summed E-state index contributed by atoms with van der Waals surface area (Å²) in [4.78, 5) is 0. The number of para-hydroxylation sites is 3. The van der Waals surface area contributed by atoms with Crippen molar-refractivity contribution in [2.45, 2.75) is 32.2 Å². The number of benzene rings is 6. The molecule has 0 fully saturated rings. The zero-order valence-corrected chi connectivity index (χ0v) is 29.7. The molecule has 0 saturated carbocycles. The van der Waals surface area contributed by atoms with Crippen LogP contribution in [-0.4, -0.2) is 9.13 Å². The molecule has 11 rings (SSSR count). The Balaban J connectivity index is 1.08. The molecule has 3 aromatic heterocycles. The number of fused-ring (bicyclic) bond motifs is 9. The van der Waals surface area contributed by atoms with Crippen molar-refractivity contribution in [3.8, 4) is 16.8 Å². The lowest BCUT2D eigenvalue weighted by atomic mass is 9.91. The van der Waals surface area contributed by atoms with Gasteiger partial charge in [-0.2, -0.15) is 0 Å². The van der Waals surface area contributed by atoms with Crippen molar-refractivity contribution in [2.24, 2.45) is 5.92 Å². The van der Waals surface area contributed by atoms with Crippen LogP contribution in [0.1, 0.15) is 46.7 Å². The molecule has 0 radical (unpaired) electrons. The van der Waals surface area contributed by atoms with E-state index in [4.69, 9.17) is 4.42 Å². The van der Waals surface area contributed by atoms with Crippen LogP contribution in [0.25, 0.3) is 72.6 Å². The number of hydrogen-bond donors (Lipinski definition) is 0. The van der Waals surface area contributed by atoms with E-state index in [0.29, 0.717) is 5.92 Å². The molecule has 3 nitrogen and oxygen atoms in total. The Kier molecular flexibility index (Phi) is 6.79. The highest BCUT2D eigenvalue weighted by molar-refractivity contribution is 6.09. The van der Waals surface area contributed by atoms with Crippen LogP contribution >= 0.6 is 0 Å². The molecule has 3 heteroatoms. The fourth-order valence-electron chi connectivity index (χ4n) is 9.24. The molecule has 9 aromatic rings. The molecular formula is C50H38N2O. The fourth-order valence-corrected chi connectivity index (χ4v) is 9.24. The lowest BCUT2D eigenvalue weighted by Gasteiger charge is -2.23. The molecule has 254 valence electrons. The monoisotopic (exact) mass is 682 g/mol. The van der Waals surface area contributed by atoms with Gasteiger partial charge in [0.05, 0.1) is 17.1 Å². The van der Waals surface area contributed by atoms with Gasteiger partial charge >= 0.3 is 0 Å². The minimum atomic E-state index is 0.190. The summed E-state index contributed by atoms with van der Waals surface area (Å²) in [6.07, 6.45) is 12.1. The largest absolute Gasteiger partial charge is 0.456 e. The van der Waals surface area contributed by atoms with Gasteiger partial charge in [-0.3, -0.25) is 0 Å². The van der Waals surface area contributed by atoms with Crippen molar-refractivity contribution in [3.05, 3.63) is 185 Å². The van der Waals surface area contributed by atoms with E-state index in [2.05, 4.69) is 180 Å². The first-order valence-electron chi connectivity index (χ1n) is 18.9. The standard InChI is InChI=1S/C50H38N2O/c1-32-22-24-48-42(26-32)40-18-7-10-21-47(40)52(48)37-23-25-49-43(31-37)44-29-34(27-33-12-3-2-4-13-33)28-41(50(44)53-49)35-14-11-15-36(30-35)51-45-19-8-5-16-38(45)39-17-6-9-20-46(39)51/h2-25,28-30,32,37H,26-27,31H2,1H3. The number of nitrogens with zero attached hydrogens (tertiary/aromatic N) is 2. The SMILES string of the molecule is CC1C=Cc2c(c3ccccc3n2C2C=Cc3oc4c(-c5cccc(-n6c7ccccc7c7ccccc76)c5)cc(Cc5ccccc5)cc4c3C2)C1. The van der Waals surface area contributed by atoms with E-state index < -0.39 is 0 Å². The van der Waals surface area contributed by atoms with E-state index in [-0.39, 0.29) is 6.04 Å². The predicted molar refractivity (Wildman–Crippen MR) is 221 cm³/mol. The molecule has 0 spiro atoms. The van der Waals surface area contributed by atoms with Crippen LogP contribution in [0.15, 0.2) is 156 Å². The van der Waals surface area contributed by atoms with E-state index in [1.54, 1.807) is 0 Å². The van der Waals surface area contributed by atoms with Crippen LogP contribution in [0.3, 0.4) is 0 Å². The lowest BCUT2D eigenvalue weighted by molar-refractivity contribution is 0.564. The van der Waals surface area contributed by atoms with Gasteiger partial charge in [-0.05, 0) is 95.6 Å². The van der Waals surface area contributed by atoms with Crippen LogP contribution in [0, 0.1) is 5.92 Å². The number of hydrogen-bond acceptors (Lipinski definition) is 1. The molecule has 0 saturated heterocycles. The van der Waals surface area contributed by atoms with Gasteiger partial charge in [-0.1, -0.05) is 116 Å². The number of allylic oxidation sites excluding steroid dienone is 2. The second kappa shape index (κ2) is 11.9. The summed E-state index contributed by atoms with van der Waals surface area (Å²) < 4.78 is 11.9. The summed E-state index contributed by atoms with van der Waals surface area (Å²) in [5.41, 5.74) is 14.8. The van der Waals surface area contributed by atoms with Crippen LogP contribution in [0.2, 0.25) is 0 Å². The molecule has 6 aromatic carbocycles. The molecule has 2 unspecified atom stereocenters. The quantitative estimate of drug-likeness (QED) is 0.177.